The summed E-state index contributed by atoms with van der Waals surface area (Å²) in [5, 5.41) is 0. The average molecular weight is 249 g/mol. The van der Waals surface area contributed by atoms with Crippen LogP contribution in [0.2, 0.25) is 0 Å². The lowest BCUT2D eigenvalue weighted by molar-refractivity contribution is -0.0148. The van der Waals surface area contributed by atoms with Gasteiger partial charge in [-0.05, 0) is 18.7 Å². The third-order valence-electron chi connectivity index (χ3n) is 3.24. The van der Waals surface area contributed by atoms with Crippen LogP contribution in [0.4, 0.5) is 0 Å². The third-order valence-corrected chi connectivity index (χ3v) is 3.24. The second-order valence-corrected chi connectivity index (χ2v) is 4.35. The van der Waals surface area contributed by atoms with Crippen molar-refractivity contribution >= 4 is 5.78 Å². The van der Waals surface area contributed by atoms with Gasteiger partial charge in [0, 0.05) is 18.7 Å². The number of morpholine rings is 1. The zero-order valence-corrected chi connectivity index (χ0v) is 10.9. The summed E-state index contributed by atoms with van der Waals surface area (Å²) in [6, 6.07) is 7.22. The van der Waals surface area contributed by atoms with Gasteiger partial charge in [-0.2, -0.15) is 0 Å². The Hall–Kier alpha value is -1.39. The first-order chi connectivity index (χ1) is 8.74. The summed E-state index contributed by atoms with van der Waals surface area (Å²) < 4.78 is 10.7. The van der Waals surface area contributed by atoms with E-state index in [0.717, 1.165) is 13.1 Å². The Labute approximate surface area is 107 Å². The van der Waals surface area contributed by atoms with E-state index in [1.165, 1.54) is 0 Å². The monoisotopic (exact) mass is 249 g/mol. The first-order valence-electron chi connectivity index (χ1n) is 6.26. The number of nitrogens with zero attached hydrogens (tertiary/aromatic N) is 1. The molecule has 1 unspecified atom stereocenters. The molecule has 98 valence electrons. The first kappa shape index (κ1) is 13.1. The van der Waals surface area contributed by atoms with E-state index >= 15 is 0 Å². The van der Waals surface area contributed by atoms with Crippen molar-refractivity contribution in [2.75, 3.05) is 33.4 Å². The number of methoxy groups -OCH3 is 1. The number of likely N-dealkylation sites (N-methyl/N-ethyl adjacent to an activating group) is 1. The van der Waals surface area contributed by atoms with Crippen molar-refractivity contribution in [1.82, 2.24) is 4.90 Å². The van der Waals surface area contributed by atoms with Gasteiger partial charge in [0.05, 0.1) is 13.7 Å². The van der Waals surface area contributed by atoms with E-state index in [9.17, 15) is 4.79 Å². The number of rotatable bonds is 4. The van der Waals surface area contributed by atoms with E-state index in [2.05, 4.69) is 11.8 Å². The van der Waals surface area contributed by atoms with Crippen LogP contribution in [0.1, 0.15) is 17.3 Å². The number of carbonyl (C=O) groups excluding carboxylic acids is 1. The maximum absolute atomic E-state index is 12.3. The SMILES string of the molecule is CCN1CCOC(C(=O)c2cccc(OC)c2)C1. The highest BCUT2D eigenvalue weighted by Crippen LogP contribution is 2.17. The van der Waals surface area contributed by atoms with Gasteiger partial charge in [0.15, 0.2) is 5.78 Å². The second-order valence-electron chi connectivity index (χ2n) is 4.35. The molecular weight excluding hydrogens is 230 g/mol. The number of hydrogen-bond donors (Lipinski definition) is 0. The normalized spacial score (nSPS) is 20.7. The topological polar surface area (TPSA) is 38.8 Å². The molecule has 1 atom stereocenters. The standard InChI is InChI=1S/C14H19NO3/c1-3-15-7-8-18-13(10-15)14(16)11-5-4-6-12(9-11)17-2/h4-6,9,13H,3,7-8,10H2,1-2H3. The molecule has 1 aliphatic rings. The van der Waals surface area contributed by atoms with E-state index in [0.29, 0.717) is 24.5 Å². The number of hydrogen-bond acceptors (Lipinski definition) is 4. The Bertz CT molecular complexity index is 419. The zero-order valence-electron chi connectivity index (χ0n) is 10.9. The number of ketones is 1. The molecule has 0 bridgehead atoms. The van der Waals surface area contributed by atoms with E-state index in [-0.39, 0.29) is 11.9 Å². The van der Waals surface area contributed by atoms with Gasteiger partial charge in [0.25, 0.3) is 0 Å². The molecule has 0 amide bonds. The van der Waals surface area contributed by atoms with Crippen molar-refractivity contribution in [1.29, 1.82) is 0 Å². The van der Waals surface area contributed by atoms with Gasteiger partial charge in [0.2, 0.25) is 0 Å². The Kier molecular flexibility index (Phi) is 4.33. The van der Waals surface area contributed by atoms with Gasteiger partial charge in [-0.1, -0.05) is 19.1 Å². The minimum absolute atomic E-state index is 0.0343. The van der Waals surface area contributed by atoms with Gasteiger partial charge >= 0.3 is 0 Å². The highest BCUT2D eigenvalue weighted by molar-refractivity contribution is 6.00. The van der Waals surface area contributed by atoms with E-state index < -0.39 is 0 Å². The summed E-state index contributed by atoms with van der Waals surface area (Å²) in [5.41, 5.74) is 0.650. The summed E-state index contributed by atoms with van der Waals surface area (Å²) in [6.45, 7) is 5.24. The van der Waals surface area contributed by atoms with Gasteiger partial charge in [-0.15, -0.1) is 0 Å². The number of ether oxygens (including phenoxy) is 2. The number of Topliss-reactive ketones (excluding diaryl/α,β-unsaturated/α-hetero) is 1. The average Bonchev–Trinajstić information content (AvgIpc) is 2.46. The minimum Gasteiger partial charge on any atom is -0.497 e. The molecule has 1 saturated heterocycles. The lowest BCUT2D eigenvalue weighted by Gasteiger charge is -2.31. The molecule has 1 aromatic carbocycles. The molecular formula is C14H19NO3. The Morgan fingerprint density at radius 1 is 1.56 bits per heavy atom. The maximum atomic E-state index is 12.3. The van der Waals surface area contributed by atoms with Crippen LogP contribution in [0.25, 0.3) is 0 Å². The molecule has 0 aliphatic carbocycles. The van der Waals surface area contributed by atoms with E-state index in [4.69, 9.17) is 9.47 Å². The first-order valence-corrected chi connectivity index (χ1v) is 6.26. The van der Waals surface area contributed by atoms with Crippen molar-refractivity contribution in [3.8, 4) is 5.75 Å². The summed E-state index contributed by atoms with van der Waals surface area (Å²) in [4.78, 5) is 14.6. The largest absolute Gasteiger partial charge is 0.497 e. The minimum atomic E-state index is -0.356. The molecule has 4 nitrogen and oxygen atoms in total. The van der Waals surface area contributed by atoms with Crippen LogP contribution in [-0.4, -0.2) is 50.1 Å². The van der Waals surface area contributed by atoms with Crippen molar-refractivity contribution in [3.63, 3.8) is 0 Å². The zero-order chi connectivity index (χ0) is 13.0. The van der Waals surface area contributed by atoms with Crippen molar-refractivity contribution < 1.29 is 14.3 Å². The van der Waals surface area contributed by atoms with Gasteiger partial charge in [0.1, 0.15) is 11.9 Å². The molecule has 1 aromatic rings. The smallest absolute Gasteiger partial charge is 0.193 e. The fourth-order valence-electron chi connectivity index (χ4n) is 2.11. The quantitative estimate of drug-likeness (QED) is 0.760. The van der Waals surface area contributed by atoms with Crippen molar-refractivity contribution in [2.24, 2.45) is 0 Å². The molecule has 2 rings (SSSR count). The Balaban J connectivity index is 2.10. The molecule has 0 aromatic heterocycles. The summed E-state index contributed by atoms with van der Waals surface area (Å²) in [6.07, 6.45) is -0.356. The molecule has 1 heterocycles. The molecule has 4 heteroatoms. The van der Waals surface area contributed by atoms with Crippen molar-refractivity contribution in [3.05, 3.63) is 29.8 Å². The van der Waals surface area contributed by atoms with E-state index in [1.807, 2.05) is 12.1 Å². The Morgan fingerprint density at radius 2 is 2.39 bits per heavy atom. The lowest BCUT2D eigenvalue weighted by atomic mass is 10.0. The van der Waals surface area contributed by atoms with Gasteiger partial charge in [-0.25, -0.2) is 0 Å². The fraction of sp³-hybridized carbons (Fsp3) is 0.500. The predicted molar refractivity (Wildman–Crippen MR) is 69.2 cm³/mol. The third kappa shape index (κ3) is 2.89. The highest BCUT2D eigenvalue weighted by Gasteiger charge is 2.26. The molecule has 0 radical (unpaired) electrons. The second kappa shape index (κ2) is 5.98. The van der Waals surface area contributed by atoms with Gasteiger partial charge in [-0.3, -0.25) is 9.69 Å². The number of carbonyl (C=O) groups is 1. The molecule has 0 spiro atoms. The van der Waals surface area contributed by atoms with Crippen LogP contribution >= 0.6 is 0 Å². The predicted octanol–water partition coefficient (Wildman–Crippen LogP) is 1.60. The van der Waals surface area contributed by atoms with Gasteiger partial charge < -0.3 is 9.47 Å². The molecule has 0 N–H and O–H groups in total. The van der Waals surface area contributed by atoms with Crippen LogP contribution < -0.4 is 4.74 Å². The van der Waals surface area contributed by atoms with Crippen LogP contribution in [-0.2, 0) is 4.74 Å². The van der Waals surface area contributed by atoms with Crippen LogP contribution in [0, 0.1) is 0 Å². The van der Waals surface area contributed by atoms with Crippen LogP contribution in [0.15, 0.2) is 24.3 Å². The summed E-state index contributed by atoms with van der Waals surface area (Å²) in [7, 11) is 1.60. The summed E-state index contributed by atoms with van der Waals surface area (Å²) in [5.74, 6) is 0.732. The molecule has 0 saturated carbocycles. The van der Waals surface area contributed by atoms with Crippen LogP contribution in [0.5, 0.6) is 5.75 Å². The molecule has 1 fully saturated rings. The van der Waals surface area contributed by atoms with E-state index in [1.54, 1.807) is 19.2 Å². The number of benzene rings is 1. The lowest BCUT2D eigenvalue weighted by Crippen LogP contribution is -2.45. The van der Waals surface area contributed by atoms with Crippen LogP contribution in [0.3, 0.4) is 0 Å². The molecule has 18 heavy (non-hydrogen) atoms. The highest BCUT2D eigenvalue weighted by atomic mass is 16.5. The maximum Gasteiger partial charge on any atom is 0.193 e. The Morgan fingerprint density at radius 3 is 3.11 bits per heavy atom. The fourth-order valence-corrected chi connectivity index (χ4v) is 2.11. The molecule has 1 aliphatic heterocycles. The van der Waals surface area contributed by atoms with Crippen molar-refractivity contribution in [2.45, 2.75) is 13.0 Å². The summed E-state index contributed by atoms with van der Waals surface area (Å²) >= 11 is 0.